The second-order valence-electron chi connectivity index (χ2n) is 7.02. The van der Waals surface area contributed by atoms with Crippen LogP contribution in [0.2, 0.25) is 0 Å². The zero-order chi connectivity index (χ0) is 15.1. The van der Waals surface area contributed by atoms with Gasteiger partial charge in [-0.15, -0.1) is 0 Å². The number of nitrogens with zero attached hydrogens (tertiary/aromatic N) is 1. The Morgan fingerprint density at radius 2 is 0.950 bits per heavy atom. The topological polar surface area (TPSA) is 0 Å². The molecule has 0 fully saturated rings. The van der Waals surface area contributed by atoms with Crippen molar-refractivity contribution in [3.8, 4) is 0 Å². The van der Waals surface area contributed by atoms with Gasteiger partial charge in [-0.05, 0) is 28.8 Å². The van der Waals surface area contributed by atoms with Gasteiger partial charge in [-0.1, -0.05) is 77.6 Å². The molecule has 0 saturated carbocycles. The molecule has 20 heavy (non-hydrogen) atoms. The van der Waals surface area contributed by atoms with Crippen molar-refractivity contribution in [2.24, 2.45) is 0 Å². The van der Waals surface area contributed by atoms with Crippen LogP contribution in [0, 0.1) is 0 Å². The molecule has 0 saturated heterocycles. The fourth-order valence-electron chi connectivity index (χ4n) is 2.62. The van der Waals surface area contributed by atoms with Crippen molar-refractivity contribution in [3.05, 3.63) is 0 Å². The van der Waals surface area contributed by atoms with Crippen LogP contribution in [0.5, 0.6) is 0 Å². The lowest BCUT2D eigenvalue weighted by molar-refractivity contribution is -0.876. The van der Waals surface area contributed by atoms with Crippen LogP contribution in [0.15, 0.2) is 0 Å². The van der Waals surface area contributed by atoms with Gasteiger partial charge in [0, 0.05) is 0 Å². The lowest BCUT2D eigenvalue weighted by Crippen LogP contribution is -2.38. The van der Waals surface area contributed by atoms with Gasteiger partial charge < -0.3 is 4.48 Å². The first-order chi connectivity index (χ1) is 9.62. The van der Waals surface area contributed by atoms with E-state index < -0.39 is 0 Å². The van der Waals surface area contributed by atoms with Gasteiger partial charge in [-0.3, -0.25) is 0 Å². The molecule has 0 unspecified atom stereocenters. The van der Waals surface area contributed by atoms with Crippen molar-refractivity contribution in [1.29, 1.82) is 0 Å². The second-order valence-corrected chi connectivity index (χ2v) is 7.52. The monoisotopic (exact) mass is 348 g/mol. The van der Waals surface area contributed by atoms with E-state index in [4.69, 9.17) is 0 Å². The number of unbranched alkanes of at least 4 members (excludes halogenated alkanes) is 12. The molecule has 0 heterocycles. The van der Waals surface area contributed by atoms with Gasteiger partial charge in [0.1, 0.15) is 5.45 Å². The number of rotatable bonds is 15. The minimum Gasteiger partial charge on any atom is -0.320 e. The molecular formula is C18H39BrN+. The zero-order valence-electron chi connectivity index (χ0n) is 14.4. The van der Waals surface area contributed by atoms with Crippen LogP contribution in [-0.2, 0) is 0 Å². The predicted octanol–water partition coefficient (Wildman–Crippen LogP) is 6.51. The second kappa shape index (κ2) is 14.4. The fourth-order valence-corrected chi connectivity index (χ4v) is 2.87. The first kappa shape index (κ1) is 20.4. The Morgan fingerprint density at radius 1 is 0.600 bits per heavy atom. The molecule has 0 bridgehead atoms. The van der Waals surface area contributed by atoms with E-state index in [1.165, 1.54) is 90.0 Å². The molecule has 0 aromatic heterocycles. The summed E-state index contributed by atoms with van der Waals surface area (Å²) in [7, 11) is 4.60. The van der Waals surface area contributed by atoms with Crippen LogP contribution in [0.25, 0.3) is 0 Å². The fraction of sp³-hybridized carbons (Fsp3) is 1.00. The SMILES string of the molecule is CCCCCCCCCCCCCCC[N+](C)(C)CBr. The number of halogens is 1. The molecule has 0 spiro atoms. The van der Waals surface area contributed by atoms with Gasteiger partial charge in [0.2, 0.25) is 0 Å². The quantitative estimate of drug-likeness (QED) is 0.137. The van der Waals surface area contributed by atoms with Crippen LogP contribution >= 0.6 is 15.9 Å². The maximum absolute atomic E-state index is 3.58. The molecule has 0 amide bonds. The van der Waals surface area contributed by atoms with Crippen molar-refractivity contribution in [2.45, 2.75) is 90.4 Å². The van der Waals surface area contributed by atoms with Crippen molar-refractivity contribution in [3.63, 3.8) is 0 Å². The van der Waals surface area contributed by atoms with Crippen molar-refractivity contribution in [2.75, 3.05) is 26.1 Å². The largest absolute Gasteiger partial charge is 0.320 e. The highest BCUT2D eigenvalue weighted by Crippen LogP contribution is 2.13. The Balaban J connectivity index is 3.06. The molecule has 0 aliphatic carbocycles. The van der Waals surface area contributed by atoms with Crippen LogP contribution in [0.1, 0.15) is 90.4 Å². The first-order valence-electron chi connectivity index (χ1n) is 9.00. The normalized spacial score (nSPS) is 12.0. The van der Waals surface area contributed by atoms with Crippen LogP contribution < -0.4 is 0 Å². The van der Waals surface area contributed by atoms with Crippen LogP contribution in [-0.4, -0.2) is 30.6 Å². The van der Waals surface area contributed by atoms with E-state index in [9.17, 15) is 0 Å². The maximum Gasteiger partial charge on any atom is 0.133 e. The van der Waals surface area contributed by atoms with E-state index >= 15 is 0 Å². The van der Waals surface area contributed by atoms with Crippen molar-refractivity contribution in [1.82, 2.24) is 0 Å². The van der Waals surface area contributed by atoms with E-state index in [2.05, 4.69) is 36.9 Å². The third kappa shape index (κ3) is 14.8. The summed E-state index contributed by atoms with van der Waals surface area (Å²) in [6.07, 6.45) is 18.8. The summed E-state index contributed by atoms with van der Waals surface area (Å²) >= 11 is 3.58. The lowest BCUT2D eigenvalue weighted by atomic mass is 10.0. The number of hydrogen-bond acceptors (Lipinski definition) is 0. The summed E-state index contributed by atoms with van der Waals surface area (Å²) in [6.45, 7) is 3.60. The molecular weight excluding hydrogens is 310 g/mol. The predicted molar refractivity (Wildman–Crippen MR) is 96.5 cm³/mol. The Hall–Kier alpha value is 0.440. The third-order valence-corrected chi connectivity index (χ3v) is 5.55. The standard InChI is InChI=1S/C18H39BrN/c1-4-5-6-7-8-9-10-11-12-13-14-15-16-17-20(2,3)18-19/h4-18H2,1-3H3/q+1. The first-order valence-corrected chi connectivity index (χ1v) is 10.1. The Kier molecular flexibility index (Phi) is 14.7. The summed E-state index contributed by atoms with van der Waals surface area (Å²) in [5.41, 5.74) is 1.07. The maximum atomic E-state index is 3.58. The van der Waals surface area contributed by atoms with E-state index in [-0.39, 0.29) is 0 Å². The summed E-state index contributed by atoms with van der Waals surface area (Å²) in [5, 5.41) is 0. The minimum atomic E-state index is 1.07. The van der Waals surface area contributed by atoms with Crippen molar-refractivity contribution >= 4 is 15.9 Å². The molecule has 0 rings (SSSR count). The average Bonchev–Trinajstić information content (AvgIpc) is 2.44. The van der Waals surface area contributed by atoms with Gasteiger partial charge >= 0.3 is 0 Å². The summed E-state index contributed by atoms with van der Waals surface area (Å²) in [5.74, 6) is 0. The molecule has 0 aromatic rings. The van der Waals surface area contributed by atoms with Gasteiger partial charge in [-0.25, -0.2) is 0 Å². The smallest absolute Gasteiger partial charge is 0.133 e. The Labute approximate surface area is 137 Å². The van der Waals surface area contributed by atoms with Crippen molar-refractivity contribution < 1.29 is 4.48 Å². The summed E-state index contributed by atoms with van der Waals surface area (Å²) < 4.78 is 1.11. The van der Waals surface area contributed by atoms with E-state index in [1.54, 1.807) is 0 Å². The molecule has 1 nitrogen and oxygen atoms in total. The Bertz CT molecular complexity index is 192. The summed E-state index contributed by atoms with van der Waals surface area (Å²) in [4.78, 5) is 0. The Morgan fingerprint density at radius 3 is 1.30 bits per heavy atom. The number of quaternary nitrogens is 1. The highest BCUT2D eigenvalue weighted by atomic mass is 79.9. The molecule has 0 radical (unpaired) electrons. The number of alkyl halides is 1. The van der Waals surface area contributed by atoms with E-state index in [1.807, 2.05) is 0 Å². The minimum absolute atomic E-state index is 1.07. The lowest BCUT2D eigenvalue weighted by Gasteiger charge is -2.26. The zero-order valence-corrected chi connectivity index (χ0v) is 16.0. The highest BCUT2D eigenvalue weighted by molar-refractivity contribution is 9.09. The highest BCUT2D eigenvalue weighted by Gasteiger charge is 2.10. The molecule has 0 N–H and O–H groups in total. The molecule has 122 valence electrons. The van der Waals surface area contributed by atoms with Crippen LogP contribution in [0.3, 0.4) is 0 Å². The van der Waals surface area contributed by atoms with Gasteiger partial charge in [0.05, 0.1) is 20.6 Å². The molecule has 0 aliphatic rings. The molecule has 0 aromatic carbocycles. The van der Waals surface area contributed by atoms with Gasteiger partial charge in [0.15, 0.2) is 0 Å². The van der Waals surface area contributed by atoms with E-state index in [0.717, 1.165) is 9.94 Å². The summed E-state index contributed by atoms with van der Waals surface area (Å²) in [6, 6.07) is 0. The average molecular weight is 349 g/mol. The van der Waals surface area contributed by atoms with Gasteiger partial charge in [-0.2, -0.15) is 0 Å². The third-order valence-electron chi connectivity index (χ3n) is 4.19. The molecule has 0 aliphatic heterocycles. The molecule has 0 atom stereocenters. The number of hydrogen-bond donors (Lipinski definition) is 0. The van der Waals surface area contributed by atoms with E-state index in [0.29, 0.717) is 0 Å². The molecule has 2 heteroatoms. The van der Waals surface area contributed by atoms with Crippen LogP contribution in [0.4, 0.5) is 0 Å². The van der Waals surface area contributed by atoms with Gasteiger partial charge in [0.25, 0.3) is 0 Å².